The largest absolute Gasteiger partial charge is 0.497 e. The fourth-order valence-corrected chi connectivity index (χ4v) is 2.17. The summed E-state index contributed by atoms with van der Waals surface area (Å²) in [6, 6.07) is 8.33. The lowest BCUT2D eigenvalue weighted by Gasteiger charge is -2.20. The third kappa shape index (κ3) is 6.44. The van der Waals surface area contributed by atoms with Crippen molar-refractivity contribution in [2.45, 2.75) is 39.2 Å². The lowest BCUT2D eigenvalue weighted by Crippen LogP contribution is -2.24. The monoisotopic (exact) mass is 261 g/mol. The van der Waals surface area contributed by atoms with Crippen molar-refractivity contribution >= 4 is 0 Å². The van der Waals surface area contributed by atoms with Crippen LogP contribution in [0.3, 0.4) is 0 Å². The first kappa shape index (κ1) is 15.8. The van der Waals surface area contributed by atoms with Gasteiger partial charge in [-0.2, -0.15) is 0 Å². The smallest absolute Gasteiger partial charge is 0.118 e. The molecular formula is C17H27NO. The highest BCUT2D eigenvalue weighted by atomic mass is 16.5. The van der Waals surface area contributed by atoms with Crippen LogP contribution in [0.15, 0.2) is 36.9 Å². The number of rotatable bonds is 10. The average molecular weight is 261 g/mol. The quantitative estimate of drug-likeness (QED) is 0.461. The van der Waals surface area contributed by atoms with Crippen LogP contribution >= 0.6 is 0 Å². The van der Waals surface area contributed by atoms with E-state index in [1.807, 2.05) is 18.2 Å². The van der Waals surface area contributed by atoms with Gasteiger partial charge in [-0.3, -0.25) is 4.90 Å². The van der Waals surface area contributed by atoms with Crippen LogP contribution in [0.5, 0.6) is 5.75 Å². The fraction of sp³-hybridized carbons (Fsp3) is 0.529. The number of methoxy groups -OCH3 is 1. The highest BCUT2D eigenvalue weighted by Crippen LogP contribution is 2.13. The Morgan fingerprint density at radius 1 is 1.16 bits per heavy atom. The van der Waals surface area contributed by atoms with Crippen molar-refractivity contribution in [2.24, 2.45) is 0 Å². The van der Waals surface area contributed by atoms with Gasteiger partial charge < -0.3 is 4.74 Å². The average Bonchev–Trinajstić information content (AvgIpc) is 2.44. The highest BCUT2D eigenvalue weighted by Gasteiger charge is 2.04. The van der Waals surface area contributed by atoms with E-state index in [1.165, 1.54) is 31.2 Å². The molecule has 0 saturated heterocycles. The minimum absolute atomic E-state index is 0.918. The number of benzene rings is 1. The van der Waals surface area contributed by atoms with Gasteiger partial charge in [0.25, 0.3) is 0 Å². The van der Waals surface area contributed by atoms with Crippen LogP contribution in [0.2, 0.25) is 0 Å². The molecule has 0 fully saturated rings. The number of nitrogens with zero attached hydrogens (tertiary/aromatic N) is 1. The molecule has 1 aromatic carbocycles. The Balaban J connectivity index is 2.44. The van der Waals surface area contributed by atoms with Gasteiger partial charge in [-0.25, -0.2) is 0 Å². The molecule has 0 heterocycles. The van der Waals surface area contributed by atoms with Gasteiger partial charge in [0.05, 0.1) is 7.11 Å². The second-order valence-electron chi connectivity index (χ2n) is 4.93. The van der Waals surface area contributed by atoms with Gasteiger partial charge in [0, 0.05) is 13.1 Å². The van der Waals surface area contributed by atoms with Gasteiger partial charge in [0.2, 0.25) is 0 Å². The van der Waals surface area contributed by atoms with Gasteiger partial charge in [-0.05, 0) is 30.7 Å². The minimum atomic E-state index is 0.918. The van der Waals surface area contributed by atoms with E-state index in [9.17, 15) is 0 Å². The lowest BCUT2D eigenvalue weighted by atomic mass is 10.1. The summed E-state index contributed by atoms with van der Waals surface area (Å²) < 4.78 is 5.18. The molecule has 2 nitrogen and oxygen atoms in total. The standard InChI is InChI=1S/C17H27NO/c1-4-6-7-8-14-18(13-5-2)15-16-9-11-17(19-3)12-10-16/h5,9-12H,2,4,6-8,13-15H2,1,3H3. The third-order valence-corrected chi connectivity index (χ3v) is 3.28. The molecule has 0 spiro atoms. The van der Waals surface area contributed by atoms with Crippen LogP contribution in [0, 0.1) is 0 Å². The summed E-state index contributed by atoms with van der Waals surface area (Å²) in [6.07, 6.45) is 7.22. The van der Waals surface area contributed by atoms with Crippen molar-refractivity contribution in [3.8, 4) is 5.75 Å². The van der Waals surface area contributed by atoms with Crippen molar-refractivity contribution in [3.05, 3.63) is 42.5 Å². The first-order valence-corrected chi connectivity index (χ1v) is 7.26. The molecule has 0 bridgehead atoms. The summed E-state index contributed by atoms with van der Waals surface area (Å²) in [5.41, 5.74) is 1.33. The van der Waals surface area contributed by atoms with Gasteiger partial charge in [-0.15, -0.1) is 6.58 Å². The molecule has 0 aliphatic carbocycles. The lowest BCUT2D eigenvalue weighted by molar-refractivity contribution is 0.286. The molecule has 1 rings (SSSR count). The van der Waals surface area contributed by atoms with Crippen molar-refractivity contribution in [2.75, 3.05) is 20.2 Å². The first-order chi connectivity index (χ1) is 9.30. The molecule has 0 N–H and O–H groups in total. The molecular weight excluding hydrogens is 234 g/mol. The van der Waals surface area contributed by atoms with Gasteiger partial charge >= 0.3 is 0 Å². The van der Waals surface area contributed by atoms with E-state index in [-0.39, 0.29) is 0 Å². The summed E-state index contributed by atoms with van der Waals surface area (Å²) in [6.45, 7) is 9.20. The van der Waals surface area contributed by atoms with Crippen LogP contribution in [0.1, 0.15) is 38.2 Å². The molecule has 0 aliphatic heterocycles. The van der Waals surface area contributed by atoms with Crippen LogP contribution < -0.4 is 4.74 Å². The van der Waals surface area contributed by atoms with E-state index >= 15 is 0 Å². The van der Waals surface area contributed by atoms with E-state index in [0.717, 1.165) is 25.4 Å². The van der Waals surface area contributed by atoms with Gasteiger partial charge in [0.15, 0.2) is 0 Å². The minimum Gasteiger partial charge on any atom is -0.497 e. The first-order valence-electron chi connectivity index (χ1n) is 7.26. The van der Waals surface area contributed by atoms with Crippen molar-refractivity contribution < 1.29 is 4.74 Å². The number of hydrogen-bond donors (Lipinski definition) is 0. The number of unbranched alkanes of at least 4 members (excludes halogenated alkanes) is 3. The summed E-state index contributed by atoms with van der Waals surface area (Å²) in [5, 5.41) is 0. The number of hydrogen-bond acceptors (Lipinski definition) is 2. The fourth-order valence-electron chi connectivity index (χ4n) is 2.17. The van der Waals surface area contributed by atoms with E-state index in [1.54, 1.807) is 7.11 Å². The Hall–Kier alpha value is -1.28. The Labute approximate surface area is 118 Å². The van der Waals surface area contributed by atoms with Crippen LogP contribution in [0.4, 0.5) is 0 Å². The van der Waals surface area contributed by atoms with Crippen LogP contribution in [-0.4, -0.2) is 25.1 Å². The Morgan fingerprint density at radius 3 is 2.47 bits per heavy atom. The van der Waals surface area contributed by atoms with E-state index < -0.39 is 0 Å². The molecule has 1 aromatic rings. The molecule has 19 heavy (non-hydrogen) atoms. The van der Waals surface area contributed by atoms with Gasteiger partial charge in [-0.1, -0.05) is 44.4 Å². The maximum atomic E-state index is 5.18. The van der Waals surface area contributed by atoms with Crippen LogP contribution in [0.25, 0.3) is 0 Å². The highest BCUT2D eigenvalue weighted by molar-refractivity contribution is 5.27. The summed E-state index contributed by atoms with van der Waals surface area (Å²) >= 11 is 0. The second kappa shape index (κ2) is 9.62. The molecule has 106 valence electrons. The van der Waals surface area contributed by atoms with E-state index in [2.05, 4.69) is 30.5 Å². The molecule has 0 amide bonds. The number of ether oxygens (including phenoxy) is 1. The van der Waals surface area contributed by atoms with E-state index in [0.29, 0.717) is 0 Å². The van der Waals surface area contributed by atoms with Crippen molar-refractivity contribution in [1.82, 2.24) is 4.90 Å². The Morgan fingerprint density at radius 2 is 1.89 bits per heavy atom. The predicted octanol–water partition coefficient (Wildman–Crippen LogP) is 4.26. The van der Waals surface area contributed by atoms with Gasteiger partial charge in [0.1, 0.15) is 5.75 Å². The maximum Gasteiger partial charge on any atom is 0.118 e. The summed E-state index contributed by atoms with van der Waals surface area (Å²) in [4.78, 5) is 2.45. The van der Waals surface area contributed by atoms with E-state index in [4.69, 9.17) is 4.74 Å². The van der Waals surface area contributed by atoms with Crippen molar-refractivity contribution in [3.63, 3.8) is 0 Å². The second-order valence-corrected chi connectivity index (χ2v) is 4.93. The normalized spacial score (nSPS) is 10.7. The zero-order chi connectivity index (χ0) is 13.9. The summed E-state index contributed by atoms with van der Waals surface area (Å²) in [7, 11) is 1.70. The molecule has 0 aliphatic rings. The zero-order valence-corrected chi connectivity index (χ0v) is 12.4. The third-order valence-electron chi connectivity index (χ3n) is 3.28. The maximum absolute atomic E-state index is 5.18. The molecule has 0 aromatic heterocycles. The van der Waals surface area contributed by atoms with Crippen molar-refractivity contribution in [1.29, 1.82) is 0 Å². The molecule has 0 radical (unpaired) electrons. The molecule has 0 saturated carbocycles. The van der Waals surface area contributed by atoms with Crippen LogP contribution in [-0.2, 0) is 6.54 Å². The Kier molecular flexibility index (Phi) is 7.99. The predicted molar refractivity (Wildman–Crippen MR) is 82.6 cm³/mol. The SMILES string of the molecule is C=CCN(CCCCCC)Cc1ccc(OC)cc1. The molecule has 2 heteroatoms. The molecule has 0 unspecified atom stereocenters. The summed E-state index contributed by atoms with van der Waals surface area (Å²) in [5.74, 6) is 0.918. The molecule has 0 atom stereocenters. The zero-order valence-electron chi connectivity index (χ0n) is 12.4. The topological polar surface area (TPSA) is 12.5 Å². The Bertz CT molecular complexity index is 345.